The lowest BCUT2D eigenvalue weighted by Crippen LogP contribution is -2.30. The molecular formula is C66H102O6. The maximum atomic E-state index is 12.8. The Labute approximate surface area is 441 Å². The molecule has 0 aliphatic heterocycles. The normalized spacial score (nSPS) is 13.3. The van der Waals surface area contributed by atoms with Crippen LogP contribution in [0.5, 0.6) is 0 Å². The molecule has 0 aromatic carbocycles. The Morgan fingerprint density at radius 3 is 0.861 bits per heavy atom. The van der Waals surface area contributed by atoms with Gasteiger partial charge in [-0.3, -0.25) is 14.4 Å². The van der Waals surface area contributed by atoms with E-state index in [1.807, 2.05) is 0 Å². The summed E-state index contributed by atoms with van der Waals surface area (Å²) in [5, 5.41) is 0. The summed E-state index contributed by atoms with van der Waals surface area (Å²) in [6.07, 6.45) is 85.5. The number of esters is 3. The molecule has 0 rings (SSSR count). The number of hydrogen-bond donors (Lipinski definition) is 0. The van der Waals surface area contributed by atoms with Gasteiger partial charge in [-0.2, -0.15) is 0 Å². The van der Waals surface area contributed by atoms with Gasteiger partial charge >= 0.3 is 17.9 Å². The fraction of sp³-hybridized carbons (Fsp3) is 0.561. The minimum atomic E-state index is -0.811. The third kappa shape index (κ3) is 56.0. The maximum Gasteiger partial charge on any atom is 0.306 e. The van der Waals surface area contributed by atoms with Crippen molar-refractivity contribution in [2.45, 2.75) is 226 Å². The van der Waals surface area contributed by atoms with Crippen LogP contribution >= 0.6 is 0 Å². The van der Waals surface area contributed by atoms with E-state index in [-0.39, 0.29) is 37.5 Å². The van der Waals surface area contributed by atoms with Gasteiger partial charge in [-0.05, 0) is 128 Å². The second-order valence-electron chi connectivity index (χ2n) is 18.1. The smallest absolute Gasteiger partial charge is 0.306 e. The van der Waals surface area contributed by atoms with Crippen LogP contribution in [0.4, 0.5) is 0 Å². The standard InChI is InChI=1S/C66H102O6/c1-4-7-10-13-16-18-20-22-24-26-28-29-30-31-32-33-34-35-36-37-39-40-42-44-46-48-50-53-56-59-65(68)71-62-63(61-70-64(67)58-55-52-15-12-9-6-3)72-66(69)60-57-54-51-49-47-45-43-41-38-27-25-23-21-19-17-14-11-8-5-2/h7-8,10-11,16-19,22-25,28-29,31-32,34-35,37-39,41-42,44-45,47,63H,4-6,9,12-15,20-21,26-27,30,33,36,40,43,46,48-62H2,1-3H3/b10-7-,11-8-,18-16-,19-17-,24-22-,25-23-,29-28-,32-31-,35-34-,39-37-,41-38-,44-42-,47-45-. The van der Waals surface area contributed by atoms with Gasteiger partial charge in [0.2, 0.25) is 0 Å². The first-order valence-corrected chi connectivity index (χ1v) is 28.5. The average molecular weight is 992 g/mol. The Morgan fingerprint density at radius 1 is 0.292 bits per heavy atom. The third-order valence-electron chi connectivity index (χ3n) is 11.3. The van der Waals surface area contributed by atoms with Crippen LogP contribution in [0.3, 0.4) is 0 Å². The number of carbonyl (C=O) groups is 3. The minimum Gasteiger partial charge on any atom is -0.462 e. The molecular weight excluding hydrogens is 889 g/mol. The van der Waals surface area contributed by atoms with E-state index >= 15 is 0 Å². The third-order valence-corrected chi connectivity index (χ3v) is 11.3. The predicted molar refractivity (Wildman–Crippen MR) is 311 cm³/mol. The molecule has 1 atom stereocenters. The molecule has 0 fully saturated rings. The van der Waals surface area contributed by atoms with Gasteiger partial charge in [0.15, 0.2) is 6.10 Å². The summed E-state index contributed by atoms with van der Waals surface area (Å²) in [5.41, 5.74) is 0. The Hall–Kier alpha value is -4.97. The number of unbranched alkanes of at least 4 members (excludes halogenated alkanes) is 12. The first kappa shape index (κ1) is 67.0. The molecule has 72 heavy (non-hydrogen) atoms. The molecule has 0 saturated carbocycles. The first-order valence-electron chi connectivity index (χ1n) is 28.5. The van der Waals surface area contributed by atoms with Crippen molar-refractivity contribution in [1.82, 2.24) is 0 Å². The predicted octanol–water partition coefficient (Wildman–Crippen LogP) is 19.4. The van der Waals surface area contributed by atoms with Gasteiger partial charge in [0.1, 0.15) is 13.2 Å². The van der Waals surface area contributed by atoms with E-state index in [1.165, 1.54) is 19.3 Å². The van der Waals surface area contributed by atoms with E-state index in [4.69, 9.17) is 14.2 Å². The van der Waals surface area contributed by atoms with Crippen molar-refractivity contribution in [3.63, 3.8) is 0 Å². The number of carbonyl (C=O) groups excluding carboxylic acids is 3. The highest BCUT2D eigenvalue weighted by atomic mass is 16.6. The Morgan fingerprint density at radius 2 is 0.542 bits per heavy atom. The zero-order valence-electron chi connectivity index (χ0n) is 45.9. The van der Waals surface area contributed by atoms with Crippen molar-refractivity contribution in [2.24, 2.45) is 0 Å². The molecule has 0 amide bonds. The van der Waals surface area contributed by atoms with Crippen molar-refractivity contribution < 1.29 is 28.6 Å². The van der Waals surface area contributed by atoms with Crippen LogP contribution in [-0.4, -0.2) is 37.2 Å². The zero-order chi connectivity index (χ0) is 52.2. The summed E-state index contributed by atoms with van der Waals surface area (Å²) in [5.74, 6) is -0.986. The van der Waals surface area contributed by atoms with Crippen LogP contribution in [0.2, 0.25) is 0 Å². The zero-order valence-corrected chi connectivity index (χ0v) is 45.9. The molecule has 0 aromatic heterocycles. The molecule has 0 aliphatic carbocycles. The number of rotatable bonds is 49. The molecule has 6 nitrogen and oxygen atoms in total. The Bertz CT molecular complexity index is 1660. The Balaban J connectivity index is 4.30. The summed E-state index contributed by atoms with van der Waals surface area (Å²) in [7, 11) is 0. The molecule has 0 bridgehead atoms. The molecule has 1 unspecified atom stereocenters. The molecule has 0 aromatic rings. The van der Waals surface area contributed by atoms with Gasteiger partial charge in [-0.25, -0.2) is 0 Å². The molecule has 0 N–H and O–H groups in total. The minimum absolute atomic E-state index is 0.107. The largest absolute Gasteiger partial charge is 0.462 e. The van der Waals surface area contributed by atoms with Crippen LogP contribution < -0.4 is 0 Å². The number of allylic oxidation sites excluding steroid dienone is 26. The lowest BCUT2D eigenvalue weighted by atomic mass is 10.1. The van der Waals surface area contributed by atoms with Crippen LogP contribution in [0, 0.1) is 0 Å². The van der Waals surface area contributed by atoms with Crippen molar-refractivity contribution in [3.8, 4) is 0 Å². The summed E-state index contributed by atoms with van der Waals surface area (Å²) in [6, 6.07) is 0. The van der Waals surface area contributed by atoms with Crippen LogP contribution in [0.15, 0.2) is 158 Å². The summed E-state index contributed by atoms with van der Waals surface area (Å²) < 4.78 is 16.7. The fourth-order valence-corrected chi connectivity index (χ4v) is 7.07. The molecule has 6 heteroatoms. The van der Waals surface area contributed by atoms with E-state index in [2.05, 4.69) is 179 Å². The van der Waals surface area contributed by atoms with E-state index in [9.17, 15) is 14.4 Å². The number of hydrogen-bond acceptors (Lipinski definition) is 6. The van der Waals surface area contributed by atoms with Crippen molar-refractivity contribution >= 4 is 17.9 Å². The van der Waals surface area contributed by atoms with E-state index in [0.717, 1.165) is 154 Å². The molecule has 402 valence electrons. The highest BCUT2D eigenvalue weighted by molar-refractivity contribution is 5.71. The molecule has 0 radical (unpaired) electrons. The second kappa shape index (κ2) is 58.6. The Kier molecular flexibility index (Phi) is 54.6. The van der Waals surface area contributed by atoms with Gasteiger partial charge < -0.3 is 14.2 Å². The van der Waals surface area contributed by atoms with Crippen LogP contribution in [-0.2, 0) is 28.6 Å². The van der Waals surface area contributed by atoms with Crippen LogP contribution in [0.1, 0.15) is 220 Å². The average Bonchev–Trinajstić information content (AvgIpc) is 3.38. The van der Waals surface area contributed by atoms with Gasteiger partial charge in [0.25, 0.3) is 0 Å². The summed E-state index contributed by atoms with van der Waals surface area (Å²) >= 11 is 0. The molecule has 0 heterocycles. The topological polar surface area (TPSA) is 78.9 Å². The van der Waals surface area contributed by atoms with Crippen molar-refractivity contribution in [3.05, 3.63) is 158 Å². The quantitative estimate of drug-likeness (QED) is 0.0262. The SMILES string of the molecule is CC/C=C\C/C=C\C/C=C\C/C=C\C/C=C\C/C=C\C/C=C\C/C=C\CCCCCCC(=O)OCC(COC(=O)CCCCCCCC)OC(=O)CCCCC/C=C\C/C=C\C/C=C\C/C=C\C/C=C\CC. The van der Waals surface area contributed by atoms with Gasteiger partial charge in [-0.1, -0.05) is 230 Å². The van der Waals surface area contributed by atoms with E-state index in [1.54, 1.807) is 0 Å². The highest BCUT2D eigenvalue weighted by Crippen LogP contribution is 2.12. The monoisotopic (exact) mass is 991 g/mol. The first-order chi connectivity index (χ1) is 35.5. The van der Waals surface area contributed by atoms with Crippen LogP contribution in [0.25, 0.3) is 0 Å². The highest BCUT2D eigenvalue weighted by Gasteiger charge is 2.19. The van der Waals surface area contributed by atoms with E-state index < -0.39 is 6.10 Å². The lowest BCUT2D eigenvalue weighted by molar-refractivity contribution is -0.167. The fourth-order valence-electron chi connectivity index (χ4n) is 7.07. The van der Waals surface area contributed by atoms with Gasteiger partial charge in [-0.15, -0.1) is 0 Å². The molecule has 0 saturated heterocycles. The summed E-state index contributed by atoms with van der Waals surface area (Å²) in [4.78, 5) is 37.9. The van der Waals surface area contributed by atoms with Crippen molar-refractivity contribution in [1.29, 1.82) is 0 Å². The number of ether oxygens (including phenoxy) is 3. The van der Waals surface area contributed by atoms with Gasteiger partial charge in [0, 0.05) is 19.3 Å². The maximum absolute atomic E-state index is 12.8. The molecule has 0 aliphatic rings. The van der Waals surface area contributed by atoms with Gasteiger partial charge in [0.05, 0.1) is 0 Å². The second-order valence-corrected chi connectivity index (χ2v) is 18.1. The lowest BCUT2D eigenvalue weighted by Gasteiger charge is -2.18. The summed E-state index contributed by atoms with van der Waals surface area (Å²) in [6.45, 7) is 6.28. The molecule has 0 spiro atoms. The van der Waals surface area contributed by atoms with E-state index in [0.29, 0.717) is 19.3 Å². The van der Waals surface area contributed by atoms with Crippen molar-refractivity contribution in [2.75, 3.05) is 13.2 Å².